The number of aryl methyl sites for hydroxylation is 3. The Morgan fingerprint density at radius 3 is 2.52 bits per heavy atom. The molecule has 1 heterocycles. The Kier molecular flexibility index (Phi) is 3.74. The number of amides is 1. The van der Waals surface area contributed by atoms with Gasteiger partial charge in [0, 0.05) is 22.8 Å². The summed E-state index contributed by atoms with van der Waals surface area (Å²) in [6, 6.07) is 12.5. The van der Waals surface area contributed by atoms with Gasteiger partial charge in [-0.3, -0.25) is 9.59 Å². The number of carbonyl (C=O) groups excluding carboxylic acids is 1. The van der Waals surface area contributed by atoms with Gasteiger partial charge in [-0.2, -0.15) is 0 Å². The van der Waals surface area contributed by atoms with Crippen molar-refractivity contribution in [2.45, 2.75) is 20.8 Å². The van der Waals surface area contributed by atoms with E-state index in [0.717, 1.165) is 16.9 Å². The topological polar surface area (TPSA) is 62.0 Å². The first-order valence-electron chi connectivity index (χ1n) is 7.47. The molecule has 0 fully saturated rings. The Hall–Kier alpha value is -2.88. The largest absolute Gasteiger partial charge is 0.358 e. The lowest BCUT2D eigenvalue weighted by molar-refractivity contribution is 0.102. The zero-order chi connectivity index (χ0) is 16.6. The number of benzene rings is 2. The van der Waals surface area contributed by atoms with Crippen LogP contribution in [0.3, 0.4) is 0 Å². The van der Waals surface area contributed by atoms with Gasteiger partial charge in [-0.1, -0.05) is 12.1 Å². The lowest BCUT2D eigenvalue weighted by Crippen LogP contribution is -2.15. The van der Waals surface area contributed by atoms with Crippen LogP contribution < -0.4 is 10.7 Å². The standard InChI is InChI=1S/C19H18N2O2/c1-11-7-8-14(9-12(11)2)21-19(23)16-6-4-5-15-17(22)10-13(3)20-18(15)16/h4-10H,1-3H3,(H,20,22)(H,21,23). The predicted octanol–water partition coefficient (Wildman–Crippen LogP) is 3.71. The van der Waals surface area contributed by atoms with Gasteiger partial charge in [0.15, 0.2) is 5.43 Å². The van der Waals surface area contributed by atoms with E-state index in [1.54, 1.807) is 25.1 Å². The molecule has 2 aromatic carbocycles. The van der Waals surface area contributed by atoms with Gasteiger partial charge in [-0.25, -0.2) is 0 Å². The van der Waals surface area contributed by atoms with Gasteiger partial charge in [0.1, 0.15) is 0 Å². The first kappa shape index (κ1) is 15.0. The van der Waals surface area contributed by atoms with Gasteiger partial charge < -0.3 is 10.3 Å². The van der Waals surface area contributed by atoms with E-state index in [0.29, 0.717) is 16.5 Å². The molecule has 0 atom stereocenters. The normalized spacial score (nSPS) is 10.7. The molecule has 1 aromatic heterocycles. The third kappa shape index (κ3) is 2.88. The van der Waals surface area contributed by atoms with E-state index < -0.39 is 0 Å². The van der Waals surface area contributed by atoms with E-state index in [-0.39, 0.29) is 11.3 Å². The van der Waals surface area contributed by atoms with Crippen LogP contribution in [-0.2, 0) is 0 Å². The Labute approximate surface area is 134 Å². The number of carbonyl (C=O) groups is 1. The number of aromatic nitrogens is 1. The number of H-pyrrole nitrogens is 1. The van der Waals surface area contributed by atoms with Crippen molar-refractivity contribution in [3.63, 3.8) is 0 Å². The van der Waals surface area contributed by atoms with Gasteiger partial charge in [-0.15, -0.1) is 0 Å². The summed E-state index contributed by atoms with van der Waals surface area (Å²) >= 11 is 0. The maximum Gasteiger partial charge on any atom is 0.257 e. The van der Waals surface area contributed by atoms with E-state index in [1.165, 1.54) is 11.6 Å². The molecule has 0 spiro atoms. The minimum atomic E-state index is -0.236. The number of anilines is 1. The van der Waals surface area contributed by atoms with E-state index in [4.69, 9.17) is 0 Å². The van der Waals surface area contributed by atoms with Crippen molar-refractivity contribution in [2.75, 3.05) is 5.32 Å². The van der Waals surface area contributed by atoms with Gasteiger partial charge in [0.25, 0.3) is 5.91 Å². The molecule has 23 heavy (non-hydrogen) atoms. The number of pyridine rings is 1. The molecule has 2 N–H and O–H groups in total. The number of nitrogens with one attached hydrogen (secondary N) is 2. The van der Waals surface area contributed by atoms with E-state index >= 15 is 0 Å². The number of rotatable bonds is 2. The summed E-state index contributed by atoms with van der Waals surface area (Å²) in [5, 5.41) is 3.41. The first-order chi connectivity index (χ1) is 11.0. The quantitative estimate of drug-likeness (QED) is 0.758. The van der Waals surface area contributed by atoms with Crippen LogP contribution in [0, 0.1) is 20.8 Å². The first-order valence-corrected chi connectivity index (χ1v) is 7.47. The van der Waals surface area contributed by atoms with Crippen molar-refractivity contribution < 1.29 is 4.79 Å². The summed E-state index contributed by atoms with van der Waals surface area (Å²) < 4.78 is 0. The fourth-order valence-corrected chi connectivity index (χ4v) is 2.61. The highest BCUT2D eigenvalue weighted by molar-refractivity contribution is 6.11. The smallest absolute Gasteiger partial charge is 0.257 e. The van der Waals surface area contributed by atoms with Crippen LogP contribution in [-0.4, -0.2) is 10.9 Å². The zero-order valence-corrected chi connectivity index (χ0v) is 13.4. The summed E-state index contributed by atoms with van der Waals surface area (Å²) in [5.41, 5.74) is 4.70. The van der Waals surface area contributed by atoms with Crippen LogP contribution in [0.4, 0.5) is 5.69 Å². The molecule has 3 rings (SSSR count). The maximum atomic E-state index is 12.6. The second-order valence-electron chi connectivity index (χ2n) is 5.80. The van der Waals surface area contributed by atoms with Crippen molar-refractivity contribution in [3.8, 4) is 0 Å². The van der Waals surface area contributed by atoms with Crippen molar-refractivity contribution in [1.29, 1.82) is 0 Å². The molecule has 116 valence electrons. The van der Waals surface area contributed by atoms with Crippen LogP contribution >= 0.6 is 0 Å². The summed E-state index contributed by atoms with van der Waals surface area (Å²) in [5.74, 6) is -0.236. The van der Waals surface area contributed by atoms with E-state index in [9.17, 15) is 9.59 Å². The van der Waals surface area contributed by atoms with Crippen LogP contribution in [0.25, 0.3) is 10.9 Å². The summed E-state index contributed by atoms with van der Waals surface area (Å²) in [4.78, 5) is 27.8. The number of fused-ring (bicyclic) bond motifs is 1. The number of aromatic amines is 1. The average Bonchev–Trinajstić information content (AvgIpc) is 2.50. The van der Waals surface area contributed by atoms with Crippen molar-refractivity contribution in [1.82, 2.24) is 4.98 Å². The summed E-state index contributed by atoms with van der Waals surface area (Å²) in [7, 11) is 0. The Bertz CT molecular complexity index is 971. The monoisotopic (exact) mass is 306 g/mol. The highest BCUT2D eigenvalue weighted by Crippen LogP contribution is 2.18. The maximum absolute atomic E-state index is 12.6. The molecule has 0 aliphatic carbocycles. The van der Waals surface area contributed by atoms with Crippen LogP contribution in [0.5, 0.6) is 0 Å². The molecule has 0 bridgehead atoms. The number of para-hydroxylation sites is 1. The average molecular weight is 306 g/mol. The molecule has 0 unspecified atom stereocenters. The molecule has 0 saturated carbocycles. The Balaban J connectivity index is 2.04. The summed E-state index contributed by atoms with van der Waals surface area (Å²) in [6.45, 7) is 5.84. The minimum absolute atomic E-state index is 0.0860. The van der Waals surface area contributed by atoms with Crippen LogP contribution in [0.2, 0.25) is 0 Å². The number of hydrogen-bond donors (Lipinski definition) is 2. The Morgan fingerprint density at radius 1 is 1.00 bits per heavy atom. The molecule has 0 aliphatic rings. The lowest BCUT2D eigenvalue weighted by atomic mass is 10.1. The second-order valence-corrected chi connectivity index (χ2v) is 5.80. The van der Waals surface area contributed by atoms with Crippen molar-refractivity contribution in [2.24, 2.45) is 0 Å². The van der Waals surface area contributed by atoms with Crippen molar-refractivity contribution in [3.05, 3.63) is 75.1 Å². The predicted molar refractivity (Wildman–Crippen MR) is 93.2 cm³/mol. The lowest BCUT2D eigenvalue weighted by Gasteiger charge is -2.10. The molecular weight excluding hydrogens is 288 g/mol. The van der Waals surface area contributed by atoms with E-state index in [2.05, 4.69) is 10.3 Å². The van der Waals surface area contributed by atoms with E-state index in [1.807, 2.05) is 32.0 Å². The third-order valence-corrected chi connectivity index (χ3v) is 4.01. The molecular formula is C19H18N2O2. The number of hydrogen-bond acceptors (Lipinski definition) is 2. The van der Waals surface area contributed by atoms with Crippen molar-refractivity contribution >= 4 is 22.5 Å². The van der Waals surface area contributed by atoms with Gasteiger partial charge >= 0.3 is 0 Å². The minimum Gasteiger partial charge on any atom is -0.358 e. The second kappa shape index (κ2) is 5.72. The molecule has 4 nitrogen and oxygen atoms in total. The summed E-state index contributed by atoms with van der Waals surface area (Å²) in [6.07, 6.45) is 0. The van der Waals surface area contributed by atoms with Gasteiger partial charge in [0.2, 0.25) is 0 Å². The SMILES string of the molecule is Cc1cc(=O)c2cccc(C(=O)Nc3ccc(C)c(C)c3)c2[nH]1. The highest BCUT2D eigenvalue weighted by atomic mass is 16.1. The molecule has 4 heteroatoms. The fourth-order valence-electron chi connectivity index (χ4n) is 2.61. The third-order valence-electron chi connectivity index (χ3n) is 4.01. The molecule has 3 aromatic rings. The van der Waals surface area contributed by atoms with Gasteiger partial charge in [0.05, 0.1) is 11.1 Å². The highest BCUT2D eigenvalue weighted by Gasteiger charge is 2.12. The van der Waals surface area contributed by atoms with Crippen LogP contribution in [0.15, 0.2) is 47.3 Å². The fraction of sp³-hybridized carbons (Fsp3) is 0.158. The molecule has 0 saturated heterocycles. The molecule has 1 amide bonds. The molecule has 0 radical (unpaired) electrons. The van der Waals surface area contributed by atoms with Crippen LogP contribution in [0.1, 0.15) is 27.2 Å². The molecule has 0 aliphatic heterocycles. The van der Waals surface area contributed by atoms with Gasteiger partial charge in [-0.05, 0) is 56.2 Å². The Morgan fingerprint density at radius 2 is 1.78 bits per heavy atom. The zero-order valence-electron chi connectivity index (χ0n) is 13.4.